The quantitative estimate of drug-likeness (QED) is 0.906. The standard InChI is InChI=1S/C13H16ClF3N2/c1-19-7-8(6-18)2-12(19)9-3-10(13(15,16)17)5-11(14)4-9/h3-5,8,12H,2,6-7,18H2,1H3. The van der Waals surface area contributed by atoms with Gasteiger partial charge in [0.15, 0.2) is 0 Å². The highest BCUT2D eigenvalue weighted by molar-refractivity contribution is 6.30. The molecule has 2 unspecified atom stereocenters. The van der Waals surface area contributed by atoms with Gasteiger partial charge in [0.05, 0.1) is 5.56 Å². The molecule has 0 saturated carbocycles. The molecule has 0 spiro atoms. The van der Waals surface area contributed by atoms with Crippen molar-refractivity contribution >= 4 is 11.6 Å². The highest BCUT2D eigenvalue weighted by atomic mass is 35.5. The fraction of sp³-hybridized carbons (Fsp3) is 0.538. The van der Waals surface area contributed by atoms with E-state index in [-0.39, 0.29) is 11.1 Å². The Morgan fingerprint density at radius 1 is 1.37 bits per heavy atom. The van der Waals surface area contributed by atoms with Crippen LogP contribution in [0.3, 0.4) is 0 Å². The summed E-state index contributed by atoms with van der Waals surface area (Å²) in [6.07, 6.45) is -3.60. The molecular weight excluding hydrogens is 277 g/mol. The summed E-state index contributed by atoms with van der Waals surface area (Å²) in [6, 6.07) is 3.71. The number of rotatable bonds is 2. The van der Waals surface area contributed by atoms with Crippen molar-refractivity contribution in [2.45, 2.75) is 18.6 Å². The summed E-state index contributed by atoms with van der Waals surface area (Å²) in [4.78, 5) is 2.03. The number of alkyl halides is 3. The second-order valence-corrected chi connectivity index (χ2v) is 5.50. The highest BCUT2D eigenvalue weighted by Crippen LogP contribution is 2.38. The van der Waals surface area contributed by atoms with Gasteiger partial charge in [0, 0.05) is 17.6 Å². The highest BCUT2D eigenvalue weighted by Gasteiger charge is 2.34. The Labute approximate surface area is 115 Å². The van der Waals surface area contributed by atoms with Crippen molar-refractivity contribution in [1.82, 2.24) is 4.90 Å². The summed E-state index contributed by atoms with van der Waals surface area (Å²) in [7, 11) is 1.90. The predicted molar refractivity (Wildman–Crippen MR) is 69.0 cm³/mol. The molecule has 0 aromatic heterocycles. The molecule has 0 amide bonds. The zero-order chi connectivity index (χ0) is 14.2. The molecule has 6 heteroatoms. The normalized spacial score (nSPS) is 24.9. The number of nitrogens with zero attached hydrogens (tertiary/aromatic N) is 1. The van der Waals surface area contributed by atoms with Crippen LogP contribution in [0.15, 0.2) is 18.2 Å². The number of likely N-dealkylation sites (tertiary alicyclic amines) is 1. The lowest BCUT2D eigenvalue weighted by Gasteiger charge is -2.21. The van der Waals surface area contributed by atoms with Crippen LogP contribution in [0.2, 0.25) is 5.02 Å². The average molecular weight is 293 g/mol. The molecule has 1 aromatic carbocycles. The van der Waals surface area contributed by atoms with E-state index in [1.807, 2.05) is 11.9 Å². The maximum atomic E-state index is 12.8. The van der Waals surface area contributed by atoms with Crippen molar-refractivity contribution in [3.8, 4) is 0 Å². The fourth-order valence-electron chi connectivity index (χ4n) is 2.63. The second kappa shape index (κ2) is 5.31. The van der Waals surface area contributed by atoms with Crippen molar-refractivity contribution in [3.63, 3.8) is 0 Å². The van der Waals surface area contributed by atoms with Gasteiger partial charge < -0.3 is 5.73 Å². The lowest BCUT2D eigenvalue weighted by atomic mass is 9.98. The van der Waals surface area contributed by atoms with Crippen LogP contribution in [0.4, 0.5) is 13.2 Å². The van der Waals surface area contributed by atoms with Crippen molar-refractivity contribution in [1.29, 1.82) is 0 Å². The third-order valence-electron chi connectivity index (χ3n) is 3.60. The maximum absolute atomic E-state index is 12.8. The van der Waals surface area contributed by atoms with Gasteiger partial charge in [-0.25, -0.2) is 0 Å². The van der Waals surface area contributed by atoms with Crippen molar-refractivity contribution in [3.05, 3.63) is 34.3 Å². The van der Waals surface area contributed by atoms with Gasteiger partial charge in [-0.05, 0) is 49.7 Å². The Bertz CT molecular complexity index is 462. The Morgan fingerprint density at radius 2 is 2.05 bits per heavy atom. The first-order valence-corrected chi connectivity index (χ1v) is 6.47. The van der Waals surface area contributed by atoms with Crippen LogP contribution >= 0.6 is 11.6 Å². The van der Waals surface area contributed by atoms with Crippen molar-refractivity contribution in [2.24, 2.45) is 11.7 Å². The van der Waals surface area contributed by atoms with Crippen molar-refractivity contribution in [2.75, 3.05) is 20.1 Å². The molecule has 1 aliphatic rings. The van der Waals surface area contributed by atoms with Gasteiger partial charge in [-0.1, -0.05) is 11.6 Å². The van der Waals surface area contributed by atoms with Crippen LogP contribution in [-0.2, 0) is 6.18 Å². The second-order valence-electron chi connectivity index (χ2n) is 5.06. The van der Waals surface area contributed by atoms with Gasteiger partial charge in [-0.15, -0.1) is 0 Å². The van der Waals surface area contributed by atoms with Gasteiger partial charge in [-0.3, -0.25) is 4.90 Å². The van der Waals surface area contributed by atoms with E-state index >= 15 is 0 Å². The molecule has 2 atom stereocenters. The summed E-state index contributed by atoms with van der Waals surface area (Å²) < 4.78 is 38.3. The molecule has 1 fully saturated rings. The third kappa shape index (κ3) is 3.22. The topological polar surface area (TPSA) is 29.3 Å². The van der Waals surface area contributed by atoms with E-state index in [4.69, 9.17) is 17.3 Å². The monoisotopic (exact) mass is 292 g/mol. The zero-order valence-electron chi connectivity index (χ0n) is 10.5. The fourth-order valence-corrected chi connectivity index (χ4v) is 2.88. The number of halogens is 4. The van der Waals surface area contributed by atoms with Gasteiger partial charge in [-0.2, -0.15) is 13.2 Å². The Balaban J connectivity index is 2.33. The molecule has 106 valence electrons. The molecule has 19 heavy (non-hydrogen) atoms. The summed E-state index contributed by atoms with van der Waals surface area (Å²) in [6.45, 7) is 1.35. The van der Waals surface area contributed by atoms with E-state index in [1.54, 1.807) is 6.07 Å². The Morgan fingerprint density at radius 3 is 2.58 bits per heavy atom. The number of benzene rings is 1. The SMILES string of the molecule is CN1CC(CN)CC1c1cc(Cl)cc(C(F)(F)F)c1. The zero-order valence-corrected chi connectivity index (χ0v) is 11.3. The van der Waals surface area contributed by atoms with Crippen LogP contribution in [0, 0.1) is 5.92 Å². The van der Waals surface area contributed by atoms with E-state index in [1.165, 1.54) is 6.07 Å². The van der Waals surface area contributed by atoms with Gasteiger partial charge >= 0.3 is 6.18 Å². The van der Waals surface area contributed by atoms with E-state index in [9.17, 15) is 13.2 Å². The number of hydrogen-bond acceptors (Lipinski definition) is 2. The molecule has 1 aliphatic heterocycles. The summed E-state index contributed by atoms with van der Waals surface area (Å²) >= 11 is 5.81. The first-order chi connectivity index (χ1) is 8.81. The average Bonchev–Trinajstić information content (AvgIpc) is 2.68. The largest absolute Gasteiger partial charge is 0.416 e. The minimum atomic E-state index is -4.37. The van der Waals surface area contributed by atoms with E-state index < -0.39 is 11.7 Å². The predicted octanol–water partition coefficient (Wildman–Crippen LogP) is 3.31. The van der Waals surface area contributed by atoms with Crippen LogP contribution in [0.25, 0.3) is 0 Å². The summed E-state index contributed by atoms with van der Waals surface area (Å²) in [5, 5.41) is 0.120. The maximum Gasteiger partial charge on any atom is 0.416 e. The minimum Gasteiger partial charge on any atom is -0.330 e. The lowest BCUT2D eigenvalue weighted by molar-refractivity contribution is -0.137. The molecule has 2 nitrogen and oxygen atoms in total. The smallest absolute Gasteiger partial charge is 0.330 e. The van der Waals surface area contributed by atoms with Gasteiger partial charge in [0.25, 0.3) is 0 Å². The van der Waals surface area contributed by atoms with Crippen molar-refractivity contribution < 1.29 is 13.2 Å². The molecule has 1 saturated heterocycles. The Hall–Kier alpha value is -0.780. The molecule has 0 bridgehead atoms. The summed E-state index contributed by atoms with van der Waals surface area (Å²) in [5.41, 5.74) is 5.55. The first kappa shape index (κ1) is 14.6. The van der Waals surface area contributed by atoms with E-state index in [2.05, 4.69) is 0 Å². The Kier molecular flexibility index (Phi) is 4.08. The van der Waals surface area contributed by atoms with Crippen LogP contribution < -0.4 is 5.73 Å². The minimum absolute atomic E-state index is 0.0478. The van der Waals surface area contributed by atoms with Gasteiger partial charge in [0.1, 0.15) is 0 Å². The molecule has 2 rings (SSSR count). The van der Waals surface area contributed by atoms with Gasteiger partial charge in [0.2, 0.25) is 0 Å². The molecule has 0 aliphatic carbocycles. The van der Waals surface area contributed by atoms with Crippen LogP contribution in [-0.4, -0.2) is 25.0 Å². The van der Waals surface area contributed by atoms with E-state index in [0.29, 0.717) is 18.0 Å². The molecule has 1 heterocycles. The lowest BCUT2D eigenvalue weighted by Crippen LogP contribution is -2.20. The number of nitrogens with two attached hydrogens (primary N) is 1. The molecule has 0 radical (unpaired) electrons. The molecule has 2 N–H and O–H groups in total. The molecule has 1 aromatic rings. The van der Waals surface area contributed by atoms with E-state index in [0.717, 1.165) is 19.0 Å². The third-order valence-corrected chi connectivity index (χ3v) is 3.82. The van der Waals surface area contributed by atoms with Crippen LogP contribution in [0.1, 0.15) is 23.6 Å². The van der Waals surface area contributed by atoms with Crippen LogP contribution in [0.5, 0.6) is 0 Å². The summed E-state index contributed by atoms with van der Waals surface area (Å²) in [5.74, 6) is 0.323. The number of hydrogen-bond donors (Lipinski definition) is 1. The molecular formula is C13H16ClF3N2. The first-order valence-electron chi connectivity index (χ1n) is 6.09.